The fourth-order valence-corrected chi connectivity index (χ4v) is 15.0. The van der Waals surface area contributed by atoms with E-state index in [9.17, 15) is 0 Å². The molecule has 1 nitrogen and oxygen atoms in total. The van der Waals surface area contributed by atoms with Gasteiger partial charge in [-0.25, -0.2) is 0 Å². The largest absolute Gasteiger partial charge is 0.310 e. The van der Waals surface area contributed by atoms with Crippen molar-refractivity contribution in [3.63, 3.8) is 0 Å². The van der Waals surface area contributed by atoms with E-state index in [-0.39, 0.29) is 16.2 Å². The average Bonchev–Trinajstić information content (AvgIpc) is 3.75. The lowest BCUT2D eigenvalue weighted by Crippen LogP contribution is -2.55. The molecule has 0 unspecified atom stereocenters. The van der Waals surface area contributed by atoms with Gasteiger partial charge >= 0.3 is 0 Å². The van der Waals surface area contributed by atoms with Crippen LogP contribution in [0.15, 0.2) is 164 Å². The highest BCUT2D eigenvalue weighted by molar-refractivity contribution is 5.91. The Labute approximate surface area is 368 Å². The van der Waals surface area contributed by atoms with Crippen molar-refractivity contribution in [2.75, 3.05) is 4.90 Å². The van der Waals surface area contributed by atoms with Crippen molar-refractivity contribution in [3.05, 3.63) is 208 Å². The average molecular weight is 804 g/mol. The Balaban J connectivity index is 1.07. The standard InChI is InChI=1S/C61H57N/c1-58(2)29-30-59(3,4)57-38-47(25-28-54(57)58)62(46-24-27-51-49-20-12-14-22-53(49)61(56(51)37-46)43-32-39-31-40(34-43)35-44(61)33-39)45-23-26-50-48-19-11-13-21-52(48)60(55(50)36-45,41-15-7-5-8-16-41)42-17-9-6-10-18-42/h5-28,36-40,43-44H,29-35H2,1-4H3. The lowest BCUT2D eigenvalue weighted by molar-refractivity contribution is -0.0399. The summed E-state index contributed by atoms with van der Waals surface area (Å²) in [5.41, 5.74) is 20.7. The second-order valence-corrected chi connectivity index (χ2v) is 21.5. The number of benzene rings is 7. The zero-order valence-corrected chi connectivity index (χ0v) is 36.8. The fraction of sp³-hybridized carbons (Fsp3) is 0.311. The summed E-state index contributed by atoms with van der Waals surface area (Å²) in [6.07, 6.45) is 9.41. The summed E-state index contributed by atoms with van der Waals surface area (Å²) in [6, 6.07) is 63.9. The predicted octanol–water partition coefficient (Wildman–Crippen LogP) is 15.6. The summed E-state index contributed by atoms with van der Waals surface area (Å²) in [4.78, 5) is 2.65. The number of hydrogen-bond donors (Lipinski definition) is 0. The molecule has 7 aromatic rings. The highest BCUT2D eigenvalue weighted by Gasteiger charge is 2.61. The number of fused-ring (bicyclic) bond motifs is 7. The first-order valence-corrected chi connectivity index (χ1v) is 23.7. The molecule has 7 aromatic carbocycles. The summed E-state index contributed by atoms with van der Waals surface area (Å²) in [5, 5.41) is 0. The molecular weight excluding hydrogens is 747 g/mol. The summed E-state index contributed by atoms with van der Waals surface area (Å²) < 4.78 is 0. The summed E-state index contributed by atoms with van der Waals surface area (Å²) in [5.74, 6) is 3.25. The topological polar surface area (TPSA) is 3.24 Å². The molecule has 0 N–H and O–H groups in total. The van der Waals surface area contributed by atoms with Gasteiger partial charge in [0.05, 0.1) is 5.41 Å². The minimum absolute atomic E-state index is 0.0892. The van der Waals surface area contributed by atoms with Crippen LogP contribution in [0.2, 0.25) is 0 Å². The van der Waals surface area contributed by atoms with Gasteiger partial charge in [-0.2, -0.15) is 0 Å². The molecule has 1 heteroatoms. The van der Waals surface area contributed by atoms with Gasteiger partial charge in [-0.1, -0.05) is 155 Å². The van der Waals surface area contributed by atoms with Crippen LogP contribution in [0.1, 0.15) is 117 Å². The third-order valence-electron chi connectivity index (χ3n) is 17.6. The minimum Gasteiger partial charge on any atom is -0.310 e. The third kappa shape index (κ3) is 4.86. The molecule has 0 aromatic heterocycles. The van der Waals surface area contributed by atoms with Gasteiger partial charge in [0.25, 0.3) is 0 Å². The lowest BCUT2D eigenvalue weighted by Gasteiger charge is -2.61. The van der Waals surface area contributed by atoms with Gasteiger partial charge in [0.1, 0.15) is 0 Å². The van der Waals surface area contributed by atoms with Gasteiger partial charge in [0, 0.05) is 22.5 Å². The molecular formula is C61H57N. The van der Waals surface area contributed by atoms with Gasteiger partial charge in [-0.3, -0.25) is 0 Å². The van der Waals surface area contributed by atoms with Crippen LogP contribution < -0.4 is 4.90 Å². The van der Waals surface area contributed by atoms with E-state index in [0.29, 0.717) is 11.8 Å². The van der Waals surface area contributed by atoms with Crippen LogP contribution >= 0.6 is 0 Å². The predicted molar refractivity (Wildman–Crippen MR) is 257 cm³/mol. The highest BCUT2D eigenvalue weighted by Crippen LogP contribution is 2.70. The number of hydrogen-bond acceptors (Lipinski definition) is 1. The quantitative estimate of drug-likeness (QED) is 0.168. The van der Waals surface area contributed by atoms with E-state index in [1.807, 2.05) is 0 Å². The van der Waals surface area contributed by atoms with Crippen LogP contribution in [-0.4, -0.2) is 0 Å². The van der Waals surface area contributed by atoms with Crippen LogP contribution in [0.5, 0.6) is 0 Å². The monoisotopic (exact) mass is 803 g/mol. The maximum absolute atomic E-state index is 2.69. The van der Waals surface area contributed by atoms with E-state index in [2.05, 4.69) is 196 Å². The summed E-state index contributed by atoms with van der Waals surface area (Å²) in [6.45, 7) is 9.84. The van der Waals surface area contributed by atoms with Crippen molar-refractivity contribution in [1.29, 1.82) is 0 Å². The molecule has 4 fully saturated rings. The number of rotatable bonds is 5. The van der Waals surface area contributed by atoms with E-state index in [1.165, 1.54) is 118 Å². The van der Waals surface area contributed by atoms with E-state index in [1.54, 1.807) is 11.1 Å². The Hall–Kier alpha value is -5.66. The molecule has 0 heterocycles. The Morgan fingerprint density at radius 2 is 0.806 bits per heavy atom. The van der Waals surface area contributed by atoms with Crippen molar-refractivity contribution in [2.24, 2.45) is 23.7 Å². The molecule has 0 atom stereocenters. The normalized spacial score (nSPS) is 25.7. The minimum atomic E-state index is -0.470. The third-order valence-corrected chi connectivity index (χ3v) is 17.6. The Bertz CT molecular complexity index is 2860. The van der Waals surface area contributed by atoms with Crippen LogP contribution in [0.3, 0.4) is 0 Å². The second kappa shape index (κ2) is 12.9. The molecule has 4 saturated carbocycles. The molecule has 0 aliphatic heterocycles. The zero-order chi connectivity index (χ0) is 41.6. The first-order valence-electron chi connectivity index (χ1n) is 23.7. The first-order chi connectivity index (χ1) is 30.2. The maximum Gasteiger partial charge on any atom is 0.0714 e. The van der Waals surface area contributed by atoms with Crippen molar-refractivity contribution in [1.82, 2.24) is 0 Å². The van der Waals surface area contributed by atoms with Crippen molar-refractivity contribution in [2.45, 2.75) is 94.3 Å². The van der Waals surface area contributed by atoms with Gasteiger partial charge in [-0.15, -0.1) is 0 Å². The van der Waals surface area contributed by atoms with Gasteiger partial charge in [-0.05, 0) is 183 Å². The van der Waals surface area contributed by atoms with E-state index in [0.717, 1.165) is 11.8 Å². The van der Waals surface area contributed by atoms with Crippen LogP contribution in [0.4, 0.5) is 17.1 Å². The molecule has 0 saturated heterocycles. The van der Waals surface area contributed by atoms with E-state index in [4.69, 9.17) is 0 Å². The Morgan fingerprint density at radius 1 is 0.371 bits per heavy atom. The Morgan fingerprint density at radius 3 is 1.40 bits per heavy atom. The van der Waals surface area contributed by atoms with Gasteiger partial charge in [0.2, 0.25) is 0 Å². The molecule has 4 bridgehead atoms. The van der Waals surface area contributed by atoms with Crippen molar-refractivity contribution in [3.8, 4) is 22.3 Å². The van der Waals surface area contributed by atoms with Gasteiger partial charge in [0.15, 0.2) is 0 Å². The van der Waals surface area contributed by atoms with Gasteiger partial charge < -0.3 is 4.90 Å². The van der Waals surface area contributed by atoms with Crippen molar-refractivity contribution < 1.29 is 0 Å². The van der Waals surface area contributed by atoms with Crippen LogP contribution in [0, 0.1) is 23.7 Å². The van der Waals surface area contributed by atoms with E-state index >= 15 is 0 Å². The lowest BCUT2D eigenvalue weighted by atomic mass is 9.43. The molecule has 7 aliphatic carbocycles. The molecule has 306 valence electrons. The second-order valence-electron chi connectivity index (χ2n) is 21.5. The smallest absolute Gasteiger partial charge is 0.0714 e. The molecule has 62 heavy (non-hydrogen) atoms. The fourth-order valence-electron chi connectivity index (χ4n) is 15.0. The maximum atomic E-state index is 2.69. The molecule has 14 rings (SSSR count). The van der Waals surface area contributed by atoms with Crippen LogP contribution in [-0.2, 0) is 21.7 Å². The van der Waals surface area contributed by atoms with E-state index < -0.39 is 5.41 Å². The zero-order valence-electron chi connectivity index (χ0n) is 36.8. The summed E-state index contributed by atoms with van der Waals surface area (Å²) >= 11 is 0. The Kier molecular flexibility index (Phi) is 7.72. The number of anilines is 3. The van der Waals surface area contributed by atoms with Crippen molar-refractivity contribution >= 4 is 17.1 Å². The molecule has 7 aliphatic rings. The molecule has 0 amide bonds. The number of nitrogens with zero attached hydrogens (tertiary/aromatic N) is 1. The SMILES string of the molecule is CC1(C)CCC(C)(C)c2cc(N(c3ccc4c(c3)C(c3ccccc3)(c3ccccc3)c3ccccc3-4)c3ccc4c(c3)C3(c5ccccc5-4)C4CC5CC(C4)CC3C5)ccc21. The summed E-state index contributed by atoms with van der Waals surface area (Å²) in [7, 11) is 0. The first kappa shape index (κ1) is 36.9. The molecule has 0 radical (unpaired) electrons. The van der Waals surface area contributed by atoms with Crippen LogP contribution in [0.25, 0.3) is 22.3 Å². The molecule has 1 spiro atoms. The highest BCUT2D eigenvalue weighted by atomic mass is 15.1.